The van der Waals surface area contributed by atoms with E-state index in [0.717, 1.165) is 35.2 Å². The number of nitriles is 1. The van der Waals surface area contributed by atoms with Crippen LogP contribution in [-0.4, -0.2) is 38.3 Å². The summed E-state index contributed by atoms with van der Waals surface area (Å²) < 4.78 is 68.5. The average molecular weight is 466 g/mol. The van der Waals surface area contributed by atoms with Crippen LogP contribution in [0.2, 0.25) is 0 Å². The Balaban J connectivity index is 1.84. The number of rotatable bonds is 8. The van der Waals surface area contributed by atoms with Crippen molar-refractivity contribution in [3.05, 3.63) is 60.3 Å². The number of para-hydroxylation sites is 1. The number of nitrogens with one attached hydrogen (secondary N) is 3. The van der Waals surface area contributed by atoms with Crippen molar-refractivity contribution in [3.8, 4) is 11.8 Å². The number of hydrogen-bond acceptors (Lipinski definition) is 5. The van der Waals surface area contributed by atoms with Gasteiger partial charge in [0.2, 0.25) is 15.9 Å². The number of ether oxygens (including phenoxy) is 1. The molecule has 3 aromatic rings. The predicted octanol–water partition coefficient (Wildman–Crippen LogP) is 2.60. The zero-order chi connectivity index (χ0) is 23.4. The quantitative estimate of drug-likeness (QED) is 0.440. The van der Waals surface area contributed by atoms with Gasteiger partial charge in [-0.15, -0.1) is 13.2 Å². The molecule has 1 amide bonds. The van der Waals surface area contributed by atoms with Crippen LogP contribution >= 0.6 is 0 Å². The number of nitrogens with zero attached hydrogens (tertiary/aromatic N) is 1. The van der Waals surface area contributed by atoms with Gasteiger partial charge in [0.15, 0.2) is 0 Å². The maximum Gasteiger partial charge on any atom is 0.573 e. The van der Waals surface area contributed by atoms with Crippen LogP contribution in [-0.2, 0) is 21.2 Å². The first-order chi connectivity index (χ1) is 15.1. The highest BCUT2D eigenvalue weighted by Gasteiger charge is 2.31. The number of alkyl halides is 3. The monoisotopic (exact) mass is 466 g/mol. The molecule has 0 bridgehead atoms. The summed E-state index contributed by atoms with van der Waals surface area (Å²) in [5, 5.41) is 11.8. The zero-order valence-electron chi connectivity index (χ0n) is 16.3. The van der Waals surface area contributed by atoms with Crippen LogP contribution in [0.5, 0.6) is 5.75 Å². The third-order valence-corrected chi connectivity index (χ3v) is 5.91. The van der Waals surface area contributed by atoms with E-state index in [1.54, 1.807) is 24.4 Å². The molecule has 0 fully saturated rings. The number of carbonyl (C=O) groups is 1. The second-order valence-electron chi connectivity index (χ2n) is 6.63. The second-order valence-corrected chi connectivity index (χ2v) is 8.35. The van der Waals surface area contributed by atoms with Gasteiger partial charge in [-0.2, -0.15) is 9.98 Å². The number of fused-ring (bicyclic) bond motifs is 1. The second kappa shape index (κ2) is 9.29. The van der Waals surface area contributed by atoms with Crippen molar-refractivity contribution in [3.63, 3.8) is 0 Å². The fourth-order valence-corrected chi connectivity index (χ4v) is 4.23. The number of H-pyrrole nitrogens is 1. The Morgan fingerprint density at radius 2 is 1.84 bits per heavy atom. The van der Waals surface area contributed by atoms with Crippen LogP contribution in [0.4, 0.5) is 13.2 Å². The first kappa shape index (κ1) is 23.1. The van der Waals surface area contributed by atoms with Crippen molar-refractivity contribution in [1.29, 1.82) is 5.26 Å². The maximum absolute atomic E-state index is 12.8. The van der Waals surface area contributed by atoms with Crippen molar-refractivity contribution in [1.82, 2.24) is 15.0 Å². The molecule has 8 nitrogen and oxygen atoms in total. The van der Waals surface area contributed by atoms with Crippen molar-refractivity contribution in [2.75, 3.05) is 6.54 Å². The molecule has 3 rings (SSSR count). The minimum atomic E-state index is -4.91. The van der Waals surface area contributed by atoms with Crippen molar-refractivity contribution < 1.29 is 31.1 Å². The number of aromatic nitrogens is 1. The highest BCUT2D eigenvalue weighted by Crippen LogP contribution is 2.24. The van der Waals surface area contributed by atoms with E-state index in [1.165, 1.54) is 0 Å². The van der Waals surface area contributed by atoms with Gasteiger partial charge in [0, 0.05) is 17.1 Å². The number of halogens is 3. The van der Waals surface area contributed by atoms with Crippen LogP contribution in [0.3, 0.4) is 0 Å². The van der Waals surface area contributed by atoms with Crippen LogP contribution in [0, 0.1) is 11.3 Å². The molecule has 0 radical (unpaired) electrons. The molecule has 0 aliphatic rings. The molecule has 0 aliphatic heterocycles. The highest BCUT2D eigenvalue weighted by atomic mass is 32.2. The Hall–Kier alpha value is -3.56. The number of amides is 1. The molecule has 32 heavy (non-hydrogen) atoms. The smallest absolute Gasteiger partial charge is 0.406 e. The number of aromatic amines is 1. The summed E-state index contributed by atoms with van der Waals surface area (Å²) in [7, 11) is -4.29. The number of carbonyl (C=O) groups excluding carboxylic acids is 1. The molecule has 3 N–H and O–H groups in total. The minimum Gasteiger partial charge on any atom is -0.406 e. The lowest BCUT2D eigenvalue weighted by Gasteiger charge is -2.18. The summed E-state index contributed by atoms with van der Waals surface area (Å²) in [6.45, 7) is -0.325. The summed E-state index contributed by atoms with van der Waals surface area (Å²) in [5.74, 6) is -1.31. The number of benzene rings is 2. The lowest BCUT2D eigenvalue weighted by atomic mass is 10.1. The minimum absolute atomic E-state index is 0.0320. The van der Waals surface area contributed by atoms with Gasteiger partial charge in [-0.25, -0.2) is 8.42 Å². The Morgan fingerprint density at radius 1 is 1.16 bits per heavy atom. The van der Waals surface area contributed by atoms with E-state index in [9.17, 15) is 26.4 Å². The van der Waals surface area contributed by atoms with E-state index < -0.39 is 34.1 Å². The van der Waals surface area contributed by atoms with Crippen LogP contribution in [0.15, 0.2) is 59.6 Å². The Kier molecular flexibility index (Phi) is 6.71. The van der Waals surface area contributed by atoms with E-state index in [2.05, 4.69) is 19.8 Å². The van der Waals surface area contributed by atoms with Crippen LogP contribution in [0.25, 0.3) is 10.9 Å². The van der Waals surface area contributed by atoms with E-state index in [4.69, 9.17) is 5.26 Å². The molecule has 1 heterocycles. The molecule has 0 aliphatic carbocycles. The molecule has 168 valence electrons. The van der Waals surface area contributed by atoms with E-state index in [1.807, 2.05) is 12.1 Å². The molecule has 12 heteroatoms. The molecule has 1 aromatic heterocycles. The largest absolute Gasteiger partial charge is 0.573 e. The molecule has 0 spiro atoms. The lowest BCUT2D eigenvalue weighted by Crippen LogP contribution is -2.48. The molecule has 1 unspecified atom stereocenters. The van der Waals surface area contributed by atoms with Gasteiger partial charge in [0.1, 0.15) is 18.3 Å². The summed E-state index contributed by atoms with van der Waals surface area (Å²) in [6, 6.07) is 11.3. The zero-order valence-corrected chi connectivity index (χ0v) is 17.1. The SMILES string of the molecule is N#CCNC(=O)C(Cc1c[nH]c2ccccc12)NS(=O)(=O)c1ccc(OC(F)(F)F)cc1. The van der Waals surface area contributed by atoms with Crippen LogP contribution < -0.4 is 14.8 Å². The van der Waals surface area contributed by atoms with E-state index in [0.29, 0.717) is 5.56 Å². The van der Waals surface area contributed by atoms with Gasteiger partial charge >= 0.3 is 6.36 Å². The third kappa shape index (κ3) is 5.77. The molecular weight excluding hydrogens is 449 g/mol. The number of sulfonamides is 1. The molecule has 1 atom stereocenters. The average Bonchev–Trinajstić information content (AvgIpc) is 3.13. The van der Waals surface area contributed by atoms with Crippen molar-refractivity contribution in [2.24, 2.45) is 0 Å². The fraction of sp³-hybridized carbons (Fsp3) is 0.200. The van der Waals surface area contributed by atoms with Gasteiger partial charge in [-0.1, -0.05) is 18.2 Å². The Bertz CT molecular complexity index is 1250. The topological polar surface area (TPSA) is 124 Å². The molecule has 0 saturated heterocycles. The van der Waals surface area contributed by atoms with Gasteiger partial charge in [-0.3, -0.25) is 4.79 Å². The molecular formula is C20H17F3N4O4S. The van der Waals surface area contributed by atoms with Crippen molar-refractivity contribution >= 4 is 26.8 Å². The van der Waals surface area contributed by atoms with Crippen LogP contribution in [0.1, 0.15) is 5.56 Å². The Morgan fingerprint density at radius 3 is 2.50 bits per heavy atom. The standard InChI is InChI=1S/C20H17F3N4O4S/c21-20(22,23)31-14-5-7-15(8-6-14)32(29,30)27-18(19(28)25-10-9-24)11-13-12-26-17-4-2-1-3-16(13)17/h1-8,12,18,26-27H,10-11H2,(H,25,28). The summed E-state index contributed by atoms with van der Waals surface area (Å²) >= 11 is 0. The van der Waals surface area contributed by atoms with Gasteiger partial charge < -0.3 is 15.0 Å². The Labute approximate surface area is 181 Å². The number of hydrogen-bond donors (Lipinski definition) is 3. The summed E-state index contributed by atoms with van der Waals surface area (Å²) in [6.07, 6.45) is -3.30. The van der Waals surface area contributed by atoms with E-state index >= 15 is 0 Å². The molecule has 2 aromatic carbocycles. The highest BCUT2D eigenvalue weighted by molar-refractivity contribution is 7.89. The van der Waals surface area contributed by atoms with E-state index in [-0.39, 0.29) is 17.9 Å². The molecule has 0 saturated carbocycles. The van der Waals surface area contributed by atoms with Crippen molar-refractivity contribution in [2.45, 2.75) is 23.7 Å². The lowest BCUT2D eigenvalue weighted by molar-refractivity contribution is -0.274. The maximum atomic E-state index is 12.8. The first-order valence-electron chi connectivity index (χ1n) is 9.17. The summed E-state index contributed by atoms with van der Waals surface area (Å²) in [4.78, 5) is 15.2. The third-order valence-electron chi connectivity index (χ3n) is 4.42. The fourth-order valence-electron chi connectivity index (χ4n) is 3.03. The summed E-state index contributed by atoms with van der Waals surface area (Å²) in [5.41, 5.74) is 1.45. The predicted molar refractivity (Wildman–Crippen MR) is 108 cm³/mol. The van der Waals surface area contributed by atoms with Gasteiger partial charge in [0.05, 0.1) is 11.0 Å². The van der Waals surface area contributed by atoms with Gasteiger partial charge in [-0.05, 0) is 42.3 Å². The van der Waals surface area contributed by atoms with Gasteiger partial charge in [0.25, 0.3) is 0 Å². The first-order valence-corrected chi connectivity index (χ1v) is 10.6. The normalized spacial score (nSPS) is 12.8.